The number of allylic oxidation sites excluding steroid dienone is 1. The fraction of sp³-hybridized carbons (Fsp3) is 0.429. The maximum atomic E-state index is 11.1. The highest BCUT2D eigenvalue weighted by Crippen LogP contribution is 2.36. The second-order valence-electron chi connectivity index (χ2n) is 4.73. The zero-order valence-corrected chi connectivity index (χ0v) is 12.7. The monoisotopic (exact) mass is 299 g/mol. The lowest BCUT2D eigenvalue weighted by molar-refractivity contribution is -0.427. The summed E-state index contributed by atoms with van der Waals surface area (Å²) in [6, 6.07) is 3.28. The topological polar surface area (TPSA) is 61.6 Å². The molecule has 0 amide bonds. The van der Waals surface area contributed by atoms with Crippen LogP contribution in [0.4, 0.5) is 0 Å². The van der Waals surface area contributed by atoms with Crippen LogP contribution in [0.25, 0.3) is 6.08 Å². The first-order valence-corrected chi connectivity index (χ1v) is 6.53. The van der Waals surface area contributed by atoms with Gasteiger partial charge in [0, 0.05) is 12.5 Å². The minimum Gasteiger partial charge on any atom is -0.493 e. The summed E-state index contributed by atoms with van der Waals surface area (Å²) in [6.07, 6.45) is 1.90. The molecule has 0 radical (unpaired) electrons. The smallest absolute Gasteiger partial charge is 0.247 e. The summed E-state index contributed by atoms with van der Waals surface area (Å²) in [5, 5.41) is 11.4. The Hall–Kier alpha value is -1.75. The molecule has 1 aromatic rings. The lowest BCUT2D eigenvalue weighted by Crippen LogP contribution is -2.02. The quantitative estimate of drug-likeness (QED) is 0.588. The molecule has 6 heteroatoms. The molecule has 1 rings (SSSR count). The lowest BCUT2D eigenvalue weighted by Gasteiger charge is -2.10. The fourth-order valence-corrected chi connectivity index (χ4v) is 2.11. The molecular weight excluding hydrogens is 282 g/mol. The van der Waals surface area contributed by atoms with Crippen molar-refractivity contribution in [2.75, 3.05) is 14.2 Å². The van der Waals surface area contributed by atoms with E-state index in [2.05, 4.69) is 0 Å². The van der Waals surface area contributed by atoms with Gasteiger partial charge in [-0.25, -0.2) is 0 Å². The zero-order valence-electron chi connectivity index (χ0n) is 12.0. The minimum absolute atomic E-state index is 0.142. The Labute approximate surface area is 123 Å². The summed E-state index contributed by atoms with van der Waals surface area (Å²) in [6.45, 7) is 3.86. The number of rotatable bonds is 6. The molecular formula is C14H18ClNO4. The van der Waals surface area contributed by atoms with Crippen LogP contribution < -0.4 is 9.47 Å². The highest BCUT2D eigenvalue weighted by molar-refractivity contribution is 6.32. The molecule has 0 aromatic heterocycles. The number of ether oxygens (including phenoxy) is 2. The largest absolute Gasteiger partial charge is 0.493 e. The van der Waals surface area contributed by atoms with E-state index in [4.69, 9.17) is 21.1 Å². The second-order valence-corrected chi connectivity index (χ2v) is 5.14. The number of halogens is 1. The first-order valence-electron chi connectivity index (χ1n) is 6.15. The summed E-state index contributed by atoms with van der Waals surface area (Å²) >= 11 is 6.08. The van der Waals surface area contributed by atoms with Gasteiger partial charge in [0.15, 0.2) is 11.5 Å². The molecule has 0 aliphatic carbocycles. The molecule has 0 saturated heterocycles. The van der Waals surface area contributed by atoms with Crippen molar-refractivity contribution in [3.05, 3.63) is 38.5 Å². The van der Waals surface area contributed by atoms with Crippen LogP contribution in [0.15, 0.2) is 17.8 Å². The molecule has 0 aliphatic rings. The molecule has 0 atom stereocenters. The predicted molar refractivity (Wildman–Crippen MR) is 79.0 cm³/mol. The van der Waals surface area contributed by atoms with Gasteiger partial charge in [0.1, 0.15) is 0 Å². The average Bonchev–Trinajstić information content (AvgIpc) is 2.36. The van der Waals surface area contributed by atoms with E-state index < -0.39 is 0 Å². The van der Waals surface area contributed by atoms with Gasteiger partial charge in [0.05, 0.1) is 24.2 Å². The number of hydrogen-bond donors (Lipinski definition) is 0. The lowest BCUT2D eigenvalue weighted by atomic mass is 10.1. The number of hydrogen-bond acceptors (Lipinski definition) is 4. The molecule has 0 saturated carbocycles. The normalized spacial score (nSPS) is 11.6. The fourth-order valence-electron chi connectivity index (χ4n) is 1.82. The van der Waals surface area contributed by atoms with Crippen LogP contribution in [-0.2, 0) is 0 Å². The Morgan fingerprint density at radius 3 is 2.50 bits per heavy atom. The number of nitro groups is 1. The molecule has 0 N–H and O–H groups in total. The third-order valence-corrected chi connectivity index (χ3v) is 2.92. The molecule has 0 bridgehead atoms. The molecule has 0 spiro atoms. The summed E-state index contributed by atoms with van der Waals surface area (Å²) in [5.41, 5.74) is 0.753. The van der Waals surface area contributed by atoms with Gasteiger partial charge in [-0.05, 0) is 23.6 Å². The van der Waals surface area contributed by atoms with Crippen molar-refractivity contribution in [2.24, 2.45) is 5.92 Å². The SMILES string of the molecule is COc1cc(C=C(CC(C)C)[N+](=O)[O-])cc(Cl)c1OC. The van der Waals surface area contributed by atoms with Crippen LogP contribution in [0.1, 0.15) is 25.8 Å². The molecule has 20 heavy (non-hydrogen) atoms. The first-order chi connectivity index (χ1) is 9.38. The van der Waals surface area contributed by atoms with Crippen molar-refractivity contribution in [3.8, 4) is 11.5 Å². The number of methoxy groups -OCH3 is 2. The predicted octanol–water partition coefficient (Wildman–Crippen LogP) is 4.02. The number of benzene rings is 1. The molecule has 1 aromatic carbocycles. The van der Waals surface area contributed by atoms with Gasteiger partial charge in [0.25, 0.3) is 0 Å². The van der Waals surface area contributed by atoms with E-state index in [0.29, 0.717) is 28.5 Å². The van der Waals surface area contributed by atoms with Crippen molar-refractivity contribution in [1.29, 1.82) is 0 Å². The van der Waals surface area contributed by atoms with Gasteiger partial charge < -0.3 is 9.47 Å². The van der Waals surface area contributed by atoms with Crippen molar-refractivity contribution < 1.29 is 14.4 Å². The zero-order chi connectivity index (χ0) is 15.3. The maximum Gasteiger partial charge on any atom is 0.247 e. The van der Waals surface area contributed by atoms with E-state index in [1.54, 1.807) is 12.1 Å². The van der Waals surface area contributed by atoms with E-state index in [1.807, 2.05) is 13.8 Å². The number of nitrogens with zero attached hydrogens (tertiary/aromatic N) is 1. The van der Waals surface area contributed by atoms with Gasteiger partial charge in [-0.1, -0.05) is 25.4 Å². The highest BCUT2D eigenvalue weighted by Gasteiger charge is 2.15. The first kappa shape index (κ1) is 16.3. The van der Waals surface area contributed by atoms with Crippen LogP contribution >= 0.6 is 11.6 Å². The van der Waals surface area contributed by atoms with Crippen LogP contribution in [0.5, 0.6) is 11.5 Å². The van der Waals surface area contributed by atoms with Crippen molar-refractivity contribution in [3.63, 3.8) is 0 Å². The Kier molecular flexibility index (Phi) is 5.82. The van der Waals surface area contributed by atoms with Gasteiger partial charge in [-0.3, -0.25) is 10.1 Å². The third-order valence-electron chi connectivity index (χ3n) is 2.64. The molecule has 0 fully saturated rings. The van der Waals surface area contributed by atoms with Crippen molar-refractivity contribution in [1.82, 2.24) is 0 Å². The molecule has 5 nitrogen and oxygen atoms in total. The Morgan fingerprint density at radius 2 is 2.05 bits per heavy atom. The summed E-state index contributed by atoms with van der Waals surface area (Å²) in [5.74, 6) is 1.05. The Bertz CT molecular complexity index is 526. The van der Waals surface area contributed by atoms with E-state index in [1.165, 1.54) is 20.3 Å². The van der Waals surface area contributed by atoms with Crippen LogP contribution in [-0.4, -0.2) is 19.1 Å². The summed E-state index contributed by atoms with van der Waals surface area (Å²) < 4.78 is 10.3. The Morgan fingerprint density at radius 1 is 1.40 bits per heavy atom. The van der Waals surface area contributed by atoms with Gasteiger partial charge in [0.2, 0.25) is 5.70 Å². The Balaban J connectivity index is 3.24. The van der Waals surface area contributed by atoms with E-state index >= 15 is 0 Å². The van der Waals surface area contributed by atoms with Crippen LogP contribution in [0, 0.1) is 16.0 Å². The van der Waals surface area contributed by atoms with Crippen molar-refractivity contribution >= 4 is 17.7 Å². The van der Waals surface area contributed by atoms with Gasteiger partial charge >= 0.3 is 0 Å². The molecule has 0 aliphatic heterocycles. The summed E-state index contributed by atoms with van der Waals surface area (Å²) in [4.78, 5) is 10.7. The van der Waals surface area contributed by atoms with Gasteiger partial charge in [-0.15, -0.1) is 0 Å². The minimum atomic E-state index is -0.370. The standard InChI is InChI=1S/C14H18ClNO4/c1-9(2)5-11(16(17)18)6-10-7-12(15)14(20-4)13(8-10)19-3/h6-9H,5H2,1-4H3. The molecule has 0 heterocycles. The van der Waals surface area contributed by atoms with E-state index in [0.717, 1.165) is 0 Å². The second kappa shape index (κ2) is 7.14. The van der Waals surface area contributed by atoms with E-state index in [-0.39, 0.29) is 16.5 Å². The molecule has 110 valence electrons. The molecule has 0 unspecified atom stereocenters. The van der Waals surface area contributed by atoms with Crippen molar-refractivity contribution in [2.45, 2.75) is 20.3 Å². The maximum absolute atomic E-state index is 11.1. The highest BCUT2D eigenvalue weighted by atomic mass is 35.5. The van der Waals surface area contributed by atoms with Crippen LogP contribution in [0.3, 0.4) is 0 Å². The third kappa shape index (κ3) is 4.13. The summed E-state index contributed by atoms with van der Waals surface area (Å²) in [7, 11) is 2.98. The van der Waals surface area contributed by atoms with Crippen LogP contribution in [0.2, 0.25) is 5.02 Å². The van der Waals surface area contributed by atoms with E-state index in [9.17, 15) is 10.1 Å². The van der Waals surface area contributed by atoms with Gasteiger partial charge in [-0.2, -0.15) is 0 Å². The average molecular weight is 300 g/mol.